The number of carbonyl (C=O) groups is 1. The fourth-order valence-electron chi connectivity index (χ4n) is 2.94. The van der Waals surface area contributed by atoms with Crippen LogP contribution in [0.15, 0.2) is 42.5 Å². The summed E-state index contributed by atoms with van der Waals surface area (Å²) < 4.78 is 36.2. The number of hydrogen-bond acceptors (Lipinski definition) is 8. The first kappa shape index (κ1) is 23.8. The van der Waals surface area contributed by atoms with Crippen molar-refractivity contribution < 1.29 is 22.7 Å². The molecular formula is C20H21ClN4O5S2. The second-order valence-corrected chi connectivity index (χ2v) is 9.93. The number of carbonyl (C=O) groups excluding carboxylic acids is 1. The van der Waals surface area contributed by atoms with Gasteiger partial charge in [-0.1, -0.05) is 22.9 Å². The average Bonchev–Trinajstić information content (AvgIpc) is 3.21. The molecule has 1 aromatic heterocycles. The third-order valence-corrected chi connectivity index (χ3v) is 6.90. The number of sulfonamides is 1. The molecule has 3 rings (SSSR count). The number of benzene rings is 2. The van der Waals surface area contributed by atoms with Crippen LogP contribution in [0, 0.1) is 0 Å². The van der Waals surface area contributed by atoms with Gasteiger partial charge in [0, 0.05) is 5.56 Å². The second kappa shape index (κ2) is 9.72. The lowest BCUT2D eigenvalue weighted by Gasteiger charge is -2.28. The third kappa shape index (κ3) is 5.29. The van der Waals surface area contributed by atoms with Crippen molar-refractivity contribution >= 4 is 49.7 Å². The van der Waals surface area contributed by atoms with Crippen LogP contribution in [0.2, 0.25) is 5.02 Å². The molecular weight excluding hydrogens is 476 g/mol. The molecule has 0 radical (unpaired) electrons. The Kier molecular flexibility index (Phi) is 7.22. The van der Waals surface area contributed by atoms with Crippen LogP contribution in [0.25, 0.3) is 10.6 Å². The van der Waals surface area contributed by atoms with Crippen molar-refractivity contribution in [1.82, 2.24) is 10.2 Å². The van der Waals surface area contributed by atoms with E-state index >= 15 is 0 Å². The molecule has 0 saturated heterocycles. The predicted molar refractivity (Wildman–Crippen MR) is 125 cm³/mol. The molecule has 0 spiro atoms. The van der Waals surface area contributed by atoms with Gasteiger partial charge in [-0.25, -0.2) is 8.42 Å². The molecule has 2 aromatic carbocycles. The van der Waals surface area contributed by atoms with Crippen molar-refractivity contribution in [2.75, 3.05) is 30.1 Å². The first-order valence-electron chi connectivity index (χ1n) is 9.25. The Morgan fingerprint density at radius 1 is 1.12 bits per heavy atom. The summed E-state index contributed by atoms with van der Waals surface area (Å²) in [6, 6.07) is 10.6. The van der Waals surface area contributed by atoms with Crippen LogP contribution in [0.3, 0.4) is 0 Å². The van der Waals surface area contributed by atoms with Crippen LogP contribution in [0.5, 0.6) is 11.5 Å². The maximum absolute atomic E-state index is 12.9. The van der Waals surface area contributed by atoms with E-state index in [9.17, 15) is 13.2 Å². The van der Waals surface area contributed by atoms with Crippen LogP contribution in [-0.2, 0) is 14.8 Å². The molecule has 1 amide bonds. The molecule has 3 aromatic rings. The number of ether oxygens (including phenoxy) is 2. The van der Waals surface area contributed by atoms with Gasteiger partial charge in [-0.05, 0) is 49.4 Å². The summed E-state index contributed by atoms with van der Waals surface area (Å²) in [6.45, 7) is 1.47. The van der Waals surface area contributed by atoms with Gasteiger partial charge in [0.25, 0.3) is 0 Å². The Balaban J connectivity index is 1.81. The summed E-state index contributed by atoms with van der Waals surface area (Å²) in [5.74, 6) is 0.529. The number of halogens is 1. The van der Waals surface area contributed by atoms with E-state index in [1.54, 1.807) is 19.2 Å². The molecule has 12 heteroatoms. The van der Waals surface area contributed by atoms with Gasteiger partial charge in [0.15, 0.2) is 0 Å². The third-order valence-electron chi connectivity index (χ3n) is 4.47. The molecule has 32 heavy (non-hydrogen) atoms. The molecule has 0 unspecified atom stereocenters. The van der Waals surface area contributed by atoms with Gasteiger partial charge in [-0.2, -0.15) is 0 Å². The fourth-order valence-corrected chi connectivity index (χ4v) is 5.11. The SMILES string of the molecule is COc1ccc(-c2nnc(NC(=O)[C@H](C)N(c3ccc(OC)c(Cl)c3)S(C)(=O)=O)s2)cc1. The van der Waals surface area contributed by atoms with Crippen molar-refractivity contribution in [3.05, 3.63) is 47.5 Å². The largest absolute Gasteiger partial charge is 0.497 e. The monoisotopic (exact) mass is 496 g/mol. The summed E-state index contributed by atoms with van der Waals surface area (Å²) in [4.78, 5) is 12.9. The highest BCUT2D eigenvalue weighted by molar-refractivity contribution is 7.92. The van der Waals surface area contributed by atoms with Crippen molar-refractivity contribution in [3.8, 4) is 22.1 Å². The Labute approximate surface area is 195 Å². The summed E-state index contributed by atoms with van der Waals surface area (Å²) in [7, 11) is -0.777. The number of nitrogens with one attached hydrogen (secondary N) is 1. The maximum atomic E-state index is 12.9. The van der Waals surface area contributed by atoms with Gasteiger partial charge in [-0.3, -0.25) is 14.4 Å². The van der Waals surface area contributed by atoms with Gasteiger partial charge in [-0.15, -0.1) is 10.2 Å². The number of aromatic nitrogens is 2. The lowest BCUT2D eigenvalue weighted by Crippen LogP contribution is -2.45. The predicted octanol–water partition coefficient (Wildman–Crippen LogP) is 3.67. The lowest BCUT2D eigenvalue weighted by atomic mass is 10.2. The van der Waals surface area contributed by atoms with E-state index in [0.717, 1.165) is 16.1 Å². The minimum atomic E-state index is -3.81. The lowest BCUT2D eigenvalue weighted by molar-refractivity contribution is -0.116. The van der Waals surface area contributed by atoms with Gasteiger partial charge in [0.2, 0.25) is 21.1 Å². The molecule has 170 valence electrons. The topological polar surface area (TPSA) is 111 Å². The Bertz CT molecular complexity index is 1210. The average molecular weight is 497 g/mol. The van der Waals surface area contributed by atoms with E-state index in [2.05, 4.69) is 15.5 Å². The van der Waals surface area contributed by atoms with E-state index in [-0.39, 0.29) is 15.8 Å². The molecule has 0 saturated carbocycles. The molecule has 0 aliphatic rings. The van der Waals surface area contributed by atoms with Gasteiger partial charge >= 0.3 is 0 Å². The van der Waals surface area contributed by atoms with Gasteiger partial charge < -0.3 is 9.47 Å². The minimum Gasteiger partial charge on any atom is -0.497 e. The highest BCUT2D eigenvalue weighted by Crippen LogP contribution is 2.32. The van der Waals surface area contributed by atoms with E-state index in [4.69, 9.17) is 21.1 Å². The fraction of sp³-hybridized carbons (Fsp3) is 0.250. The highest BCUT2D eigenvalue weighted by atomic mass is 35.5. The molecule has 1 N–H and O–H groups in total. The minimum absolute atomic E-state index is 0.222. The van der Waals surface area contributed by atoms with E-state index in [1.807, 2.05) is 12.1 Å². The summed E-state index contributed by atoms with van der Waals surface area (Å²) in [5, 5.41) is 11.8. The number of nitrogens with zero attached hydrogens (tertiary/aromatic N) is 3. The zero-order chi connectivity index (χ0) is 23.5. The summed E-state index contributed by atoms with van der Waals surface area (Å²) >= 11 is 7.31. The number of anilines is 2. The molecule has 1 heterocycles. The van der Waals surface area contributed by atoms with E-state index < -0.39 is 22.0 Å². The van der Waals surface area contributed by atoms with Crippen molar-refractivity contribution in [2.45, 2.75) is 13.0 Å². The van der Waals surface area contributed by atoms with Crippen LogP contribution < -0.4 is 19.1 Å². The van der Waals surface area contributed by atoms with Crippen molar-refractivity contribution in [2.24, 2.45) is 0 Å². The highest BCUT2D eigenvalue weighted by Gasteiger charge is 2.30. The van der Waals surface area contributed by atoms with Crippen LogP contribution in [-0.4, -0.2) is 51.0 Å². The zero-order valence-electron chi connectivity index (χ0n) is 17.7. The molecule has 1 atom stereocenters. The van der Waals surface area contributed by atoms with Gasteiger partial charge in [0.1, 0.15) is 22.5 Å². The van der Waals surface area contributed by atoms with Crippen molar-refractivity contribution in [3.63, 3.8) is 0 Å². The van der Waals surface area contributed by atoms with Gasteiger partial charge in [0.05, 0.1) is 31.2 Å². The van der Waals surface area contributed by atoms with E-state index in [1.165, 1.54) is 43.6 Å². The molecule has 0 aliphatic heterocycles. The Morgan fingerprint density at radius 3 is 2.38 bits per heavy atom. The van der Waals surface area contributed by atoms with Crippen LogP contribution in [0.1, 0.15) is 6.92 Å². The first-order valence-corrected chi connectivity index (χ1v) is 12.3. The van der Waals surface area contributed by atoms with Crippen LogP contribution >= 0.6 is 22.9 Å². The summed E-state index contributed by atoms with van der Waals surface area (Å²) in [5.41, 5.74) is 1.04. The molecule has 0 aliphatic carbocycles. The number of rotatable bonds is 8. The molecule has 9 nitrogen and oxygen atoms in total. The van der Waals surface area contributed by atoms with Crippen molar-refractivity contribution in [1.29, 1.82) is 0 Å². The molecule has 0 bridgehead atoms. The standard InChI is InChI=1S/C20H21ClN4O5S2/c1-12(25(32(4,27)28)14-7-10-17(30-3)16(21)11-14)18(26)22-20-24-23-19(31-20)13-5-8-15(29-2)9-6-13/h5-12H,1-4H3,(H,22,24,26)/t12-/m0/s1. The Hall–Kier alpha value is -2.89. The Morgan fingerprint density at radius 2 is 1.81 bits per heavy atom. The number of amides is 1. The zero-order valence-corrected chi connectivity index (χ0v) is 20.1. The number of methoxy groups -OCH3 is 2. The van der Waals surface area contributed by atoms with E-state index in [0.29, 0.717) is 16.5 Å². The second-order valence-electron chi connectivity index (χ2n) is 6.68. The smallest absolute Gasteiger partial charge is 0.249 e. The molecule has 0 fully saturated rings. The summed E-state index contributed by atoms with van der Waals surface area (Å²) in [6.07, 6.45) is 1.02. The quantitative estimate of drug-likeness (QED) is 0.506. The maximum Gasteiger partial charge on any atom is 0.249 e. The normalized spacial score (nSPS) is 12.2. The number of hydrogen-bond donors (Lipinski definition) is 1. The van der Waals surface area contributed by atoms with Crippen LogP contribution in [0.4, 0.5) is 10.8 Å². The first-order chi connectivity index (χ1) is 15.1.